The van der Waals surface area contributed by atoms with Gasteiger partial charge in [-0.25, -0.2) is 0 Å². The van der Waals surface area contributed by atoms with Crippen molar-refractivity contribution in [3.63, 3.8) is 0 Å². The standard InChI is InChI=1S/C15H23NO/c1-3-11-17-14-10-5-4-9-13(14)15(16-2)12-7-6-8-12/h4-5,9-10,12,15-16H,3,6-8,11H2,1-2H3. The monoisotopic (exact) mass is 233 g/mol. The van der Waals surface area contributed by atoms with Gasteiger partial charge >= 0.3 is 0 Å². The molecule has 1 aliphatic rings. The number of ether oxygens (including phenoxy) is 1. The molecule has 1 atom stereocenters. The number of rotatable bonds is 6. The van der Waals surface area contributed by atoms with Gasteiger partial charge in [0.05, 0.1) is 6.61 Å². The summed E-state index contributed by atoms with van der Waals surface area (Å²) in [5.41, 5.74) is 1.33. The predicted molar refractivity (Wildman–Crippen MR) is 71.4 cm³/mol. The minimum absolute atomic E-state index is 0.455. The van der Waals surface area contributed by atoms with Crippen LogP contribution in [0, 0.1) is 5.92 Å². The summed E-state index contributed by atoms with van der Waals surface area (Å²) in [5.74, 6) is 1.84. The van der Waals surface area contributed by atoms with Crippen molar-refractivity contribution in [1.29, 1.82) is 0 Å². The van der Waals surface area contributed by atoms with Gasteiger partial charge in [-0.2, -0.15) is 0 Å². The first-order chi connectivity index (χ1) is 8.36. The van der Waals surface area contributed by atoms with E-state index in [0.29, 0.717) is 6.04 Å². The van der Waals surface area contributed by atoms with Gasteiger partial charge in [0.1, 0.15) is 5.75 Å². The van der Waals surface area contributed by atoms with E-state index in [1.165, 1.54) is 24.8 Å². The van der Waals surface area contributed by atoms with Crippen molar-refractivity contribution in [2.75, 3.05) is 13.7 Å². The van der Waals surface area contributed by atoms with E-state index < -0.39 is 0 Å². The molecule has 0 saturated heterocycles. The van der Waals surface area contributed by atoms with Gasteiger partial charge in [-0.05, 0) is 38.3 Å². The van der Waals surface area contributed by atoms with Crippen LogP contribution in [0.5, 0.6) is 5.75 Å². The largest absolute Gasteiger partial charge is 0.493 e. The summed E-state index contributed by atoms with van der Waals surface area (Å²) in [5, 5.41) is 3.46. The molecule has 1 fully saturated rings. The Labute approximate surface area is 104 Å². The van der Waals surface area contributed by atoms with Gasteiger partial charge in [0.25, 0.3) is 0 Å². The maximum Gasteiger partial charge on any atom is 0.124 e. The van der Waals surface area contributed by atoms with Crippen LogP contribution in [-0.4, -0.2) is 13.7 Å². The van der Waals surface area contributed by atoms with Crippen LogP contribution in [0.25, 0.3) is 0 Å². The molecule has 2 nitrogen and oxygen atoms in total. The average Bonchev–Trinajstić information content (AvgIpc) is 2.31. The summed E-state index contributed by atoms with van der Waals surface area (Å²) in [7, 11) is 2.06. The van der Waals surface area contributed by atoms with E-state index in [1.54, 1.807) is 0 Å². The van der Waals surface area contributed by atoms with Gasteiger partial charge in [-0.3, -0.25) is 0 Å². The third kappa shape index (κ3) is 2.81. The van der Waals surface area contributed by atoms with Crippen LogP contribution in [0.15, 0.2) is 24.3 Å². The van der Waals surface area contributed by atoms with Gasteiger partial charge in [-0.1, -0.05) is 31.5 Å². The summed E-state index contributed by atoms with van der Waals surface area (Å²) >= 11 is 0. The lowest BCUT2D eigenvalue weighted by Crippen LogP contribution is -2.30. The smallest absolute Gasteiger partial charge is 0.124 e. The minimum Gasteiger partial charge on any atom is -0.493 e. The summed E-state index contributed by atoms with van der Waals surface area (Å²) in [6, 6.07) is 8.91. The molecule has 0 aromatic heterocycles. The lowest BCUT2D eigenvalue weighted by Gasteiger charge is -2.34. The topological polar surface area (TPSA) is 21.3 Å². The second-order valence-electron chi connectivity index (χ2n) is 4.84. The Hall–Kier alpha value is -1.02. The fraction of sp³-hybridized carbons (Fsp3) is 0.600. The number of nitrogens with one attached hydrogen (secondary N) is 1. The van der Waals surface area contributed by atoms with E-state index in [0.717, 1.165) is 24.7 Å². The van der Waals surface area contributed by atoms with Crippen LogP contribution in [0.3, 0.4) is 0 Å². The fourth-order valence-electron chi connectivity index (χ4n) is 2.50. The third-order valence-electron chi connectivity index (χ3n) is 3.65. The molecule has 1 saturated carbocycles. The number of para-hydroxylation sites is 1. The maximum absolute atomic E-state index is 5.85. The Bertz CT molecular complexity index is 347. The molecule has 0 radical (unpaired) electrons. The van der Waals surface area contributed by atoms with Gasteiger partial charge in [0.2, 0.25) is 0 Å². The molecule has 1 aliphatic carbocycles. The zero-order chi connectivity index (χ0) is 12.1. The highest BCUT2D eigenvalue weighted by Gasteiger charge is 2.28. The maximum atomic E-state index is 5.85. The first-order valence-corrected chi connectivity index (χ1v) is 6.75. The molecule has 2 rings (SSSR count). The van der Waals surface area contributed by atoms with Gasteiger partial charge in [0, 0.05) is 11.6 Å². The highest BCUT2D eigenvalue weighted by molar-refractivity contribution is 5.36. The van der Waals surface area contributed by atoms with Crippen molar-refractivity contribution in [2.24, 2.45) is 5.92 Å². The molecule has 1 N–H and O–H groups in total. The van der Waals surface area contributed by atoms with Gasteiger partial charge in [0.15, 0.2) is 0 Å². The molecule has 1 aromatic rings. The molecule has 0 amide bonds. The summed E-state index contributed by atoms with van der Waals surface area (Å²) in [6.07, 6.45) is 5.12. The summed E-state index contributed by atoms with van der Waals surface area (Å²) in [4.78, 5) is 0. The van der Waals surface area contributed by atoms with Crippen molar-refractivity contribution in [1.82, 2.24) is 5.32 Å². The Kier molecular flexibility index (Phi) is 4.43. The Morgan fingerprint density at radius 1 is 1.35 bits per heavy atom. The van der Waals surface area contributed by atoms with Crippen LogP contribution in [0.4, 0.5) is 0 Å². The second-order valence-corrected chi connectivity index (χ2v) is 4.84. The first kappa shape index (κ1) is 12.4. The molecular weight excluding hydrogens is 210 g/mol. The SMILES string of the molecule is CCCOc1ccccc1C(NC)C1CCC1. The summed E-state index contributed by atoms with van der Waals surface area (Å²) < 4.78 is 5.85. The van der Waals surface area contributed by atoms with E-state index in [1.807, 2.05) is 0 Å². The molecule has 2 heteroatoms. The van der Waals surface area contributed by atoms with E-state index in [4.69, 9.17) is 4.74 Å². The summed E-state index contributed by atoms with van der Waals surface area (Å²) in [6.45, 7) is 2.95. The highest BCUT2D eigenvalue weighted by atomic mass is 16.5. The lowest BCUT2D eigenvalue weighted by atomic mass is 9.77. The minimum atomic E-state index is 0.455. The molecule has 0 heterocycles. The highest BCUT2D eigenvalue weighted by Crippen LogP contribution is 2.40. The van der Waals surface area contributed by atoms with E-state index in [-0.39, 0.29) is 0 Å². The molecule has 1 unspecified atom stereocenters. The zero-order valence-electron chi connectivity index (χ0n) is 10.9. The van der Waals surface area contributed by atoms with Gasteiger partial charge < -0.3 is 10.1 Å². The third-order valence-corrected chi connectivity index (χ3v) is 3.65. The Morgan fingerprint density at radius 2 is 2.12 bits per heavy atom. The van der Waals surface area contributed by atoms with Crippen LogP contribution in [0.2, 0.25) is 0 Å². The Morgan fingerprint density at radius 3 is 2.71 bits per heavy atom. The van der Waals surface area contributed by atoms with Crippen LogP contribution in [-0.2, 0) is 0 Å². The predicted octanol–water partition coefficient (Wildman–Crippen LogP) is 3.54. The first-order valence-electron chi connectivity index (χ1n) is 6.75. The molecule has 17 heavy (non-hydrogen) atoms. The Balaban J connectivity index is 2.16. The normalized spacial score (nSPS) is 17.5. The lowest BCUT2D eigenvalue weighted by molar-refractivity contribution is 0.231. The van der Waals surface area contributed by atoms with Crippen molar-refractivity contribution in [2.45, 2.75) is 38.6 Å². The second kappa shape index (κ2) is 6.06. The van der Waals surface area contributed by atoms with Crippen LogP contribution >= 0.6 is 0 Å². The fourth-order valence-corrected chi connectivity index (χ4v) is 2.50. The van der Waals surface area contributed by atoms with Crippen molar-refractivity contribution >= 4 is 0 Å². The number of hydrogen-bond donors (Lipinski definition) is 1. The van der Waals surface area contributed by atoms with E-state index in [9.17, 15) is 0 Å². The van der Waals surface area contributed by atoms with Crippen LogP contribution < -0.4 is 10.1 Å². The number of hydrogen-bond acceptors (Lipinski definition) is 2. The molecule has 1 aromatic carbocycles. The number of benzene rings is 1. The van der Waals surface area contributed by atoms with Crippen molar-refractivity contribution in [3.8, 4) is 5.75 Å². The van der Waals surface area contributed by atoms with E-state index in [2.05, 4.69) is 43.6 Å². The van der Waals surface area contributed by atoms with E-state index >= 15 is 0 Å². The van der Waals surface area contributed by atoms with Crippen LogP contribution in [0.1, 0.15) is 44.2 Å². The van der Waals surface area contributed by atoms with Gasteiger partial charge in [-0.15, -0.1) is 0 Å². The molecule has 0 spiro atoms. The molecule has 94 valence electrons. The molecule has 0 bridgehead atoms. The molecular formula is C15H23NO. The van der Waals surface area contributed by atoms with Crippen molar-refractivity contribution < 1.29 is 4.74 Å². The molecule has 0 aliphatic heterocycles. The average molecular weight is 233 g/mol. The zero-order valence-corrected chi connectivity index (χ0v) is 10.9. The quantitative estimate of drug-likeness (QED) is 0.811. The van der Waals surface area contributed by atoms with Crippen molar-refractivity contribution in [3.05, 3.63) is 29.8 Å².